The quantitative estimate of drug-likeness (QED) is 0.497. The van der Waals surface area contributed by atoms with Gasteiger partial charge >= 0.3 is 0 Å². The van der Waals surface area contributed by atoms with Crippen LogP contribution in [0.4, 0.5) is 10.3 Å². The average Bonchev–Trinajstić information content (AvgIpc) is 2.80. The summed E-state index contributed by atoms with van der Waals surface area (Å²) in [5, 5.41) is 24.5. The Morgan fingerprint density at radius 2 is 1.91 bits per heavy atom. The molecule has 0 atom stereocenters. The Labute approximate surface area is 195 Å². The van der Waals surface area contributed by atoms with Gasteiger partial charge < -0.3 is 9.64 Å². The van der Waals surface area contributed by atoms with Crippen molar-refractivity contribution in [2.24, 2.45) is 0 Å². The zero-order chi connectivity index (χ0) is 22.7. The van der Waals surface area contributed by atoms with Crippen LogP contribution in [0.5, 0.6) is 5.75 Å². The molecule has 2 aromatic heterocycles. The smallest absolute Gasteiger partial charge is 0.275 e. The summed E-state index contributed by atoms with van der Waals surface area (Å²) in [5.74, 6) is -0.131. The molecule has 1 fully saturated rings. The number of ether oxygens (including phenoxy) is 1. The third kappa shape index (κ3) is 4.38. The molecule has 1 N–H and O–H groups in total. The standard InChI is InChI=1S/C21H15FIN7O2/c22-16-7-12(1-2-13(16)8-24)18-19(17(9-25)28-29-20(18)31)32-15-3-5-30(6-4-15)21-26-10-14(23)11-27-21/h1-2,7,10-11,15H,3-6H2,(H,29,31). The number of hydrogen-bond donors (Lipinski definition) is 1. The Hall–Kier alpha value is -3.58. The van der Waals surface area contributed by atoms with E-state index >= 15 is 0 Å². The molecule has 1 aliphatic heterocycles. The molecule has 160 valence electrons. The van der Waals surface area contributed by atoms with Crippen LogP contribution < -0.4 is 15.2 Å². The number of halogens is 2. The number of nitrogens with one attached hydrogen (secondary N) is 1. The predicted molar refractivity (Wildman–Crippen MR) is 120 cm³/mol. The number of benzene rings is 1. The van der Waals surface area contributed by atoms with Crippen LogP contribution >= 0.6 is 22.6 Å². The van der Waals surface area contributed by atoms with Crippen molar-refractivity contribution in [1.82, 2.24) is 20.2 Å². The molecule has 11 heteroatoms. The van der Waals surface area contributed by atoms with Crippen molar-refractivity contribution in [3.05, 3.63) is 61.6 Å². The summed E-state index contributed by atoms with van der Waals surface area (Å²) in [6.07, 6.45) is 4.42. The van der Waals surface area contributed by atoms with Crippen LogP contribution in [0.25, 0.3) is 11.1 Å². The first kappa shape index (κ1) is 21.6. The summed E-state index contributed by atoms with van der Waals surface area (Å²) in [7, 11) is 0. The molecule has 1 aromatic carbocycles. The first-order chi connectivity index (χ1) is 15.5. The van der Waals surface area contributed by atoms with Crippen LogP contribution in [0, 0.1) is 32.0 Å². The van der Waals surface area contributed by atoms with Crippen molar-refractivity contribution in [2.45, 2.75) is 18.9 Å². The monoisotopic (exact) mass is 543 g/mol. The van der Waals surface area contributed by atoms with Crippen molar-refractivity contribution in [3.63, 3.8) is 0 Å². The van der Waals surface area contributed by atoms with E-state index in [1.54, 1.807) is 18.5 Å². The van der Waals surface area contributed by atoms with Crippen molar-refractivity contribution in [3.8, 4) is 29.0 Å². The molecule has 0 saturated carbocycles. The number of aromatic amines is 1. The average molecular weight is 543 g/mol. The molecule has 0 bridgehead atoms. The van der Waals surface area contributed by atoms with Crippen molar-refractivity contribution >= 4 is 28.5 Å². The summed E-state index contributed by atoms with van der Waals surface area (Å²) in [6, 6.07) is 7.45. The van der Waals surface area contributed by atoms with E-state index in [-0.39, 0.29) is 34.2 Å². The summed E-state index contributed by atoms with van der Waals surface area (Å²) in [4.78, 5) is 23.3. The Morgan fingerprint density at radius 3 is 2.53 bits per heavy atom. The fraction of sp³-hybridized carbons (Fsp3) is 0.238. The van der Waals surface area contributed by atoms with Crippen LogP contribution in [-0.4, -0.2) is 39.4 Å². The predicted octanol–water partition coefficient (Wildman–Crippen LogP) is 2.76. The minimum Gasteiger partial charge on any atom is -0.486 e. The van der Waals surface area contributed by atoms with Crippen LogP contribution in [0.15, 0.2) is 35.4 Å². The lowest BCUT2D eigenvalue weighted by atomic mass is 10.0. The third-order valence-corrected chi connectivity index (χ3v) is 5.60. The maximum Gasteiger partial charge on any atom is 0.275 e. The van der Waals surface area contributed by atoms with Gasteiger partial charge in [-0.1, -0.05) is 6.07 Å². The van der Waals surface area contributed by atoms with Crippen molar-refractivity contribution < 1.29 is 9.13 Å². The van der Waals surface area contributed by atoms with Gasteiger partial charge in [-0.25, -0.2) is 19.5 Å². The zero-order valence-electron chi connectivity index (χ0n) is 16.5. The lowest BCUT2D eigenvalue weighted by Crippen LogP contribution is -2.39. The highest BCUT2D eigenvalue weighted by Crippen LogP contribution is 2.32. The van der Waals surface area contributed by atoms with Gasteiger partial charge in [-0.2, -0.15) is 15.6 Å². The van der Waals surface area contributed by atoms with Gasteiger partial charge in [0.2, 0.25) is 11.6 Å². The van der Waals surface area contributed by atoms with Crippen molar-refractivity contribution in [2.75, 3.05) is 18.0 Å². The second-order valence-corrected chi connectivity index (χ2v) is 8.27. The topological polar surface area (TPSA) is 132 Å². The number of anilines is 1. The van der Waals surface area contributed by atoms with Gasteiger partial charge in [0.25, 0.3) is 5.56 Å². The van der Waals surface area contributed by atoms with Crippen LogP contribution in [0.2, 0.25) is 0 Å². The summed E-state index contributed by atoms with van der Waals surface area (Å²) < 4.78 is 21.2. The molecule has 0 radical (unpaired) electrons. The SMILES string of the molecule is N#Cc1ccc(-c2c(OC3CCN(c4ncc(I)cn4)CC3)c(C#N)n[nH]c2=O)cc1F. The minimum absolute atomic E-state index is 0.00309. The van der Waals surface area contributed by atoms with Crippen LogP contribution in [-0.2, 0) is 0 Å². The second-order valence-electron chi connectivity index (χ2n) is 7.03. The normalized spacial score (nSPS) is 13.9. The largest absolute Gasteiger partial charge is 0.486 e. The molecular weight excluding hydrogens is 528 g/mol. The summed E-state index contributed by atoms with van der Waals surface area (Å²) in [5.41, 5.74) is -0.669. The third-order valence-electron chi connectivity index (χ3n) is 5.04. The number of nitriles is 2. The maximum atomic E-state index is 14.2. The summed E-state index contributed by atoms with van der Waals surface area (Å²) in [6.45, 7) is 1.26. The van der Waals surface area contributed by atoms with Crippen LogP contribution in [0.3, 0.4) is 0 Å². The fourth-order valence-electron chi connectivity index (χ4n) is 3.46. The Balaban J connectivity index is 1.60. The number of nitrogens with zero attached hydrogens (tertiary/aromatic N) is 6. The first-order valence-electron chi connectivity index (χ1n) is 9.62. The zero-order valence-corrected chi connectivity index (χ0v) is 18.7. The lowest BCUT2D eigenvalue weighted by Gasteiger charge is -2.32. The Morgan fingerprint density at radius 1 is 1.19 bits per heavy atom. The number of piperidine rings is 1. The number of aromatic nitrogens is 4. The van der Waals surface area contributed by atoms with Gasteiger partial charge in [-0.05, 0) is 40.3 Å². The van der Waals surface area contributed by atoms with E-state index in [4.69, 9.17) is 10.00 Å². The molecule has 0 spiro atoms. The molecule has 32 heavy (non-hydrogen) atoms. The molecule has 1 aliphatic rings. The Kier molecular flexibility index (Phi) is 6.28. The molecule has 1 saturated heterocycles. The number of H-pyrrole nitrogens is 1. The molecule has 3 heterocycles. The molecule has 0 aliphatic carbocycles. The van der Waals surface area contributed by atoms with E-state index in [9.17, 15) is 14.4 Å². The van der Waals surface area contributed by atoms with Gasteiger partial charge in [0.1, 0.15) is 24.1 Å². The molecule has 3 aromatic rings. The summed E-state index contributed by atoms with van der Waals surface area (Å²) >= 11 is 2.14. The van der Waals surface area contributed by atoms with E-state index in [0.717, 1.165) is 9.64 Å². The number of rotatable bonds is 4. The van der Waals surface area contributed by atoms with Gasteiger partial charge in [0.05, 0.1) is 11.1 Å². The minimum atomic E-state index is -0.767. The molecular formula is C21H15FIN7O2. The van der Waals surface area contributed by atoms with E-state index in [1.165, 1.54) is 12.1 Å². The van der Waals surface area contributed by atoms with Gasteiger partial charge in [-0.15, -0.1) is 0 Å². The highest BCUT2D eigenvalue weighted by atomic mass is 127. The van der Waals surface area contributed by atoms with Gasteiger partial charge in [0.15, 0.2) is 5.75 Å². The molecule has 9 nitrogen and oxygen atoms in total. The lowest BCUT2D eigenvalue weighted by molar-refractivity contribution is 0.169. The van der Waals surface area contributed by atoms with Crippen molar-refractivity contribution in [1.29, 1.82) is 10.5 Å². The molecule has 0 amide bonds. The van der Waals surface area contributed by atoms with Gasteiger partial charge in [0, 0.05) is 41.9 Å². The highest BCUT2D eigenvalue weighted by Gasteiger charge is 2.26. The van der Waals surface area contributed by atoms with E-state index in [2.05, 4.69) is 42.8 Å². The van der Waals surface area contributed by atoms with E-state index in [1.807, 2.05) is 11.0 Å². The van der Waals surface area contributed by atoms with Gasteiger partial charge in [-0.3, -0.25) is 4.79 Å². The second kappa shape index (κ2) is 9.28. The van der Waals surface area contributed by atoms with E-state index in [0.29, 0.717) is 31.9 Å². The molecule has 4 rings (SSSR count). The van der Waals surface area contributed by atoms with E-state index < -0.39 is 11.4 Å². The highest BCUT2D eigenvalue weighted by molar-refractivity contribution is 14.1. The first-order valence-corrected chi connectivity index (χ1v) is 10.7. The number of hydrogen-bond acceptors (Lipinski definition) is 8. The molecule has 0 unspecified atom stereocenters. The Bertz CT molecular complexity index is 1290. The van der Waals surface area contributed by atoms with Crippen LogP contribution in [0.1, 0.15) is 24.1 Å². The maximum absolute atomic E-state index is 14.2. The fourth-order valence-corrected chi connectivity index (χ4v) is 3.74.